The van der Waals surface area contributed by atoms with E-state index in [1.165, 1.54) is 10.5 Å². The van der Waals surface area contributed by atoms with Crippen molar-refractivity contribution in [3.63, 3.8) is 0 Å². The number of carboxylic acids is 1. The van der Waals surface area contributed by atoms with Crippen molar-refractivity contribution in [2.75, 3.05) is 6.54 Å². The van der Waals surface area contributed by atoms with Gasteiger partial charge in [0.25, 0.3) is 10.0 Å². The fraction of sp³-hybridized carbons (Fsp3) is 0.636. The number of hydrogen-bond donors (Lipinski definition) is 2. The largest absolute Gasteiger partial charge is 0.481 e. The van der Waals surface area contributed by atoms with Crippen LogP contribution >= 0.6 is 0 Å². The molecule has 0 aliphatic heterocycles. The van der Waals surface area contributed by atoms with Crippen LogP contribution in [0.4, 0.5) is 0 Å². The van der Waals surface area contributed by atoms with Crippen LogP contribution in [-0.2, 0) is 14.8 Å². The third kappa shape index (κ3) is 3.77. The molecule has 7 nitrogen and oxygen atoms in total. The van der Waals surface area contributed by atoms with Crippen LogP contribution in [0.2, 0.25) is 0 Å². The lowest BCUT2D eigenvalue weighted by atomic mass is 10.1. The molecule has 0 spiro atoms. The zero-order chi connectivity index (χ0) is 14.8. The zero-order valence-electron chi connectivity index (χ0n) is 11.5. The van der Waals surface area contributed by atoms with Gasteiger partial charge in [-0.3, -0.25) is 4.79 Å². The quantitative estimate of drug-likeness (QED) is 0.841. The number of aromatic amines is 1. The molecular weight excluding hydrogens is 270 g/mol. The molecule has 108 valence electrons. The number of sulfonamides is 1. The number of aromatic nitrogens is 2. The van der Waals surface area contributed by atoms with Gasteiger partial charge in [-0.2, -0.15) is 4.31 Å². The van der Waals surface area contributed by atoms with E-state index in [4.69, 9.17) is 5.11 Å². The molecule has 19 heavy (non-hydrogen) atoms. The van der Waals surface area contributed by atoms with Gasteiger partial charge in [0.2, 0.25) is 0 Å². The fourth-order valence-corrected chi connectivity index (χ4v) is 3.41. The highest BCUT2D eigenvalue weighted by Crippen LogP contribution is 2.23. The summed E-state index contributed by atoms with van der Waals surface area (Å²) in [6.45, 7) is 6.72. The van der Waals surface area contributed by atoms with Crippen LogP contribution in [0, 0.1) is 6.92 Å². The van der Waals surface area contributed by atoms with Crippen molar-refractivity contribution in [2.24, 2.45) is 0 Å². The predicted octanol–water partition coefficient (Wildman–Crippen LogP) is 0.982. The number of H-pyrrole nitrogens is 1. The third-order valence-electron chi connectivity index (χ3n) is 2.52. The monoisotopic (exact) mass is 289 g/mol. The first-order valence-corrected chi connectivity index (χ1v) is 7.25. The van der Waals surface area contributed by atoms with Gasteiger partial charge in [0.15, 0.2) is 5.03 Å². The van der Waals surface area contributed by atoms with Gasteiger partial charge >= 0.3 is 5.97 Å². The third-order valence-corrected chi connectivity index (χ3v) is 4.60. The summed E-state index contributed by atoms with van der Waals surface area (Å²) in [5.41, 5.74) is -0.715. The highest BCUT2D eigenvalue weighted by molar-refractivity contribution is 7.89. The van der Waals surface area contributed by atoms with E-state index in [-0.39, 0.29) is 18.0 Å². The fourth-order valence-electron chi connectivity index (χ4n) is 1.66. The van der Waals surface area contributed by atoms with Gasteiger partial charge in [-0.1, -0.05) is 0 Å². The number of carboxylic acid groups (broad SMARTS) is 1. The molecule has 0 atom stereocenters. The summed E-state index contributed by atoms with van der Waals surface area (Å²) in [5, 5.41) is 8.70. The number of imidazole rings is 1. The number of nitrogens with zero attached hydrogens (tertiary/aromatic N) is 2. The van der Waals surface area contributed by atoms with Crippen LogP contribution in [0.1, 0.15) is 33.0 Å². The Morgan fingerprint density at radius 2 is 2.05 bits per heavy atom. The van der Waals surface area contributed by atoms with Crippen LogP contribution in [0.15, 0.2) is 11.2 Å². The van der Waals surface area contributed by atoms with E-state index in [0.717, 1.165) is 0 Å². The maximum atomic E-state index is 12.5. The standard InChI is InChI=1S/C11H19N3O4S/c1-8-12-7-9(13-8)19(17,18)14(11(2,3)4)6-5-10(15)16/h7H,5-6H2,1-4H3,(H,12,13)(H,15,16). The maximum absolute atomic E-state index is 12.5. The molecule has 8 heteroatoms. The van der Waals surface area contributed by atoms with Crippen LogP contribution in [-0.4, -0.2) is 45.9 Å². The van der Waals surface area contributed by atoms with Crippen LogP contribution in [0.25, 0.3) is 0 Å². The summed E-state index contributed by atoms with van der Waals surface area (Å²) in [6, 6.07) is 0. The van der Waals surface area contributed by atoms with Crippen LogP contribution in [0.3, 0.4) is 0 Å². The molecule has 0 aliphatic rings. The summed E-state index contributed by atoms with van der Waals surface area (Å²) in [4.78, 5) is 17.2. The molecule has 0 bridgehead atoms. The van der Waals surface area contributed by atoms with Gasteiger partial charge < -0.3 is 10.1 Å². The molecule has 0 saturated heterocycles. The van der Waals surface area contributed by atoms with E-state index in [1.54, 1.807) is 27.7 Å². The summed E-state index contributed by atoms with van der Waals surface area (Å²) in [6.07, 6.45) is 0.994. The molecule has 1 aromatic rings. The first-order chi connectivity index (χ1) is 8.55. The van der Waals surface area contributed by atoms with E-state index in [1.807, 2.05) is 0 Å². The van der Waals surface area contributed by atoms with Gasteiger partial charge in [-0.25, -0.2) is 13.4 Å². The smallest absolute Gasteiger partial charge is 0.304 e. The van der Waals surface area contributed by atoms with Gasteiger partial charge in [0, 0.05) is 12.1 Å². The van der Waals surface area contributed by atoms with Crippen molar-refractivity contribution in [3.05, 3.63) is 12.0 Å². The van der Waals surface area contributed by atoms with Crippen LogP contribution in [0.5, 0.6) is 0 Å². The van der Waals surface area contributed by atoms with E-state index in [0.29, 0.717) is 5.82 Å². The Bertz CT molecular complexity index is 557. The first kappa shape index (κ1) is 15.6. The Hall–Kier alpha value is -1.41. The Morgan fingerprint density at radius 3 is 2.42 bits per heavy atom. The molecule has 0 fully saturated rings. The highest BCUT2D eigenvalue weighted by atomic mass is 32.2. The second-order valence-corrected chi connectivity index (χ2v) is 7.06. The number of hydrogen-bond acceptors (Lipinski definition) is 4. The Labute approximate surface area is 112 Å². The molecule has 2 N–H and O–H groups in total. The molecule has 0 saturated carbocycles. The number of aliphatic carboxylic acids is 1. The van der Waals surface area contributed by atoms with Gasteiger partial charge in [-0.15, -0.1) is 0 Å². The second kappa shape index (κ2) is 5.30. The lowest BCUT2D eigenvalue weighted by molar-refractivity contribution is -0.137. The molecule has 0 aliphatic carbocycles. The van der Waals surface area contributed by atoms with Crippen molar-refractivity contribution in [2.45, 2.75) is 44.7 Å². The predicted molar refractivity (Wildman–Crippen MR) is 69.2 cm³/mol. The molecule has 1 aromatic heterocycles. The maximum Gasteiger partial charge on any atom is 0.304 e. The van der Waals surface area contributed by atoms with Crippen molar-refractivity contribution < 1.29 is 18.3 Å². The Balaban J connectivity index is 3.13. The summed E-state index contributed by atoms with van der Waals surface area (Å²) in [5.74, 6) is -0.545. The Morgan fingerprint density at radius 1 is 1.47 bits per heavy atom. The highest BCUT2D eigenvalue weighted by Gasteiger charge is 2.35. The minimum atomic E-state index is -3.78. The van der Waals surface area contributed by atoms with E-state index in [2.05, 4.69) is 9.97 Å². The second-order valence-electron chi connectivity index (χ2n) is 5.22. The summed E-state index contributed by atoms with van der Waals surface area (Å²) in [7, 11) is -3.78. The van der Waals surface area contributed by atoms with Crippen molar-refractivity contribution in [1.29, 1.82) is 0 Å². The number of aryl methyl sites for hydroxylation is 1. The molecule has 0 aromatic carbocycles. The van der Waals surface area contributed by atoms with Gasteiger partial charge in [-0.05, 0) is 27.7 Å². The zero-order valence-corrected chi connectivity index (χ0v) is 12.3. The average molecular weight is 289 g/mol. The number of rotatable bonds is 5. The van der Waals surface area contributed by atoms with E-state index in [9.17, 15) is 13.2 Å². The van der Waals surface area contributed by atoms with Gasteiger partial charge in [0.05, 0.1) is 12.6 Å². The van der Waals surface area contributed by atoms with Gasteiger partial charge in [0.1, 0.15) is 5.82 Å². The number of nitrogens with one attached hydrogen (secondary N) is 1. The van der Waals surface area contributed by atoms with Crippen molar-refractivity contribution in [3.8, 4) is 0 Å². The summed E-state index contributed by atoms with van der Waals surface area (Å²) < 4.78 is 26.1. The topological polar surface area (TPSA) is 103 Å². The molecule has 1 heterocycles. The average Bonchev–Trinajstić information content (AvgIpc) is 2.62. The lowest BCUT2D eigenvalue weighted by Crippen LogP contribution is -2.46. The van der Waals surface area contributed by atoms with Crippen LogP contribution < -0.4 is 0 Å². The molecule has 0 amide bonds. The Kier molecular flexibility index (Phi) is 4.36. The normalized spacial score (nSPS) is 12.9. The van der Waals surface area contributed by atoms with E-state index < -0.39 is 21.5 Å². The minimum absolute atomic E-state index is 0.0229. The van der Waals surface area contributed by atoms with Crippen molar-refractivity contribution >= 4 is 16.0 Å². The lowest BCUT2D eigenvalue weighted by Gasteiger charge is -2.33. The molecule has 1 rings (SSSR count). The number of carbonyl (C=O) groups is 1. The molecular formula is C11H19N3O4S. The van der Waals surface area contributed by atoms with E-state index >= 15 is 0 Å². The molecule has 0 unspecified atom stereocenters. The van der Waals surface area contributed by atoms with Crippen molar-refractivity contribution in [1.82, 2.24) is 14.3 Å². The first-order valence-electron chi connectivity index (χ1n) is 5.81. The summed E-state index contributed by atoms with van der Waals surface area (Å²) >= 11 is 0. The minimum Gasteiger partial charge on any atom is -0.481 e. The molecule has 0 radical (unpaired) electrons. The SMILES string of the molecule is Cc1ncc(S(=O)(=O)N(CCC(=O)O)C(C)(C)C)[nH]1.